The molecule has 0 spiro atoms. The van der Waals surface area contributed by atoms with Gasteiger partial charge in [0.25, 0.3) is 0 Å². The Balaban J connectivity index is 2.33. The van der Waals surface area contributed by atoms with Crippen molar-refractivity contribution in [3.05, 3.63) is 24.0 Å². The first kappa shape index (κ1) is 13.8. The van der Waals surface area contributed by atoms with Gasteiger partial charge in [-0.15, -0.1) is 11.8 Å². The van der Waals surface area contributed by atoms with Crippen molar-refractivity contribution in [2.45, 2.75) is 17.7 Å². The second-order valence-electron chi connectivity index (χ2n) is 3.96. The van der Waals surface area contributed by atoms with Crippen molar-refractivity contribution in [3.63, 3.8) is 0 Å². The highest BCUT2D eigenvalue weighted by atomic mass is 32.2. The van der Waals surface area contributed by atoms with E-state index in [2.05, 4.69) is 0 Å². The Kier molecular flexibility index (Phi) is 5.28. The van der Waals surface area contributed by atoms with Crippen LogP contribution in [-0.4, -0.2) is 30.7 Å². The van der Waals surface area contributed by atoms with E-state index in [1.54, 1.807) is 25.1 Å². The van der Waals surface area contributed by atoms with Crippen LogP contribution in [-0.2, 0) is 4.79 Å². The van der Waals surface area contributed by atoms with Gasteiger partial charge in [-0.2, -0.15) is 0 Å². The lowest BCUT2D eigenvalue weighted by atomic mass is 10.3. The van der Waals surface area contributed by atoms with Gasteiger partial charge in [-0.3, -0.25) is 4.79 Å². The number of hydrogen-bond donors (Lipinski definition) is 1. The zero-order valence-electron chi connectivity index (χ0n) is 10.1. The number of nitrogens with zero attached hydrogens (tertiary/aromatic N) is 1. The van der Waals surface area contributed by atoms with Crippen LogP contribution >= 0.6 is 11.8 Å². The first-order valence-electron chi connectivity index (χ1n) is 5.38. The zero-order valence-corrected chi connectivity index (χ0v) is 10.9. The van der Waals surface area contributed by atoms with Crippen molar-refractivity contribution in [2.75, 3.05) is 25.6 Å². The van der Waals surface area contributed by atoms with Gasteiger partial charge in [0.05, 0.1) is 0 Å². The number of halogens is 1. The Morgan fingerprint density at radius 1 is 1.41 bits per heavy atom. The van der Waals surface area contributed by atoms with E-state index in [0.717, 1.165) is 17.1 Å². The maximum atomic E-state index is 13.0. The Morgan fingerprint density at radius 3 is 2.71 bits per heavy atom. The molecule has 2 N–H and O–H groups in total. The van der Waals surface area contributed by atoms with Crippen LogP contribution in [0.2, 0.25) is 0 Å². The minimum atomic E-state index is -0.322. The number of thioether (sulfide) groups is 1. The Bertz CT molecular complexity index is 376. The third-order valence-electron chi connectivity index (χ3n) is 2.20. The van der Waals surface area contributed by atoms with E-state index in [0.29, 0.717) is 12.1 Å². The van der Waals surface area contributed by atoms with E-state index < -0.39 is 0 Å². The third kappa shape index (κ3) is 5.08. The third-order valence-corrected chi connectivity index (χ3v) is 3.26. The molecule has 0 atom stereocenters. The van der Waals surface area contributed by atoms with Crippen LogP contribution in [0.5, 0.6) is 0 Å². The minimum Gasteiger partial charge on any atom is -0.399 e. The largest absolute Gasteiger partial charge is 0.399 e. The topological polar surface area (TPSA) is 46.3 Å². The summed E-state index contributed by atoms with van der Waals surface area (Å²) in [5.41, 5.74) is 5.97. The molecule has 0 radical (unpaired) electrons. The van der Waals surface area contributed by atoms with E-state index in [1.165, 1.54) is 23.9 Å². The van der Waals surface area contributed by atoms with E-state index in [-0.39, 0.29) is 11.7 Å². The highest BCUT2D eigenvalue weighted by Gasteiger charge is 2.04. The van der Waals surface area contributed by atoms with Crippen molar-refractivity contribution >= 4 is 23.4 Å². The number of carbonyl (C=O) groups is 1. The summed E-state index contributed by atoms with van der Waals surface area (Å²) in [6.07, 6.45) is 1.29. The van der Waals surface area contributed by atoms with Crippen LogP contribution < -0.4 is 5.73 Å². The smallest absolute Gasteiger partial charge is 0.222 e. The van der Waals surface area contributed by atoms with E-state index in [9.17, 15) is 9.18 Å². The van der Waals surface area contributed by atoms with Gasteiger partial charge in [0.15, 0.2) is 0 Å². The summed E-state index contributed by atoms with van der Waals surface area (Å²) in [5.74, 6) is 0.573. The summed E-state index contributed by atoms with van der Waals surface area (Å²) in [7, 11) is 3.48. The molecule has 1 aromatic carbocycles. The molecule has 17 heavy (non-hydrogen) atoms. The molecule has 0 saturated heterocycles. The maximum absolute atomic E-state index is 13.0. The molecule has 0 saturated carbocycles. The maximum Gasteiger partial charge on any atom is 0.222 e. The molecule has 0 aliphatic carbocycles. The predicted octanol–water partition coefficient (Wildman–Crippen LogP) is 2.37. The van der Waals surface area contributed by atoms with Crippen LogP contribution in [0.4, 0.5) is 10.1 Å². The van der Waals surface area contributed by atoms with Gasteiger partial charge in [-0.05, 0) is 30.4 Å². The van der Waals surface area contributed by atoms with E-state index in [1.807, 2.05) is 0 Å². The lowest BCUT2D eigenvalue weighted by Crippen LogP contribution is -2.21. The molecule has 0 aliphatic rings. The average Bonchev–Trinajstić information content (AvgIpc) is 2.22. The van der Waals surface area contributed by atoms with Crippen molar-refractivity contribution in [1.29, 1.82) is 0 Å². The van der Waals surface area contributed by atoms with Gasteiger partial charge in [-0.1, -0.05) is 0 Å². The summed E-state index contributed by atoms with van der Waals surface area (Å²) in [6.45, 7) is 0. The number of carbonyl (C=O) groups excluding carboxylic acids is 1. The van der Waals surface area contributed by atoms with Crippen LogP contribution in [0.1, 0.15) is 12.8 Å². The molecule has 1 aromatic rings. The van der Waals surface area contributed by atoms with Crippen LogP contribution in [0.15, 0.2) is 23.1 Å². The predicted molar refractivity (Wildman–Crippen MR) is 69.5 cm³/mol. The average molecular weight is 256 g/mol. The van der Waals surface area contributed by atoms with Gasteiger partial charge in [0.1, 0.15) is 5.82 Å². The monoisotopic (exact) mass is 256 g/mol. The Labute approximate surface area is 105 Å². The fraction of sp³-hybridized carbons (Fsp3) is 0.417. The zero-order chi connectivity index (χ0) is 12.8. The molecule has 0 aromatic heterocycles. The lowest BCUT2D eigenvalue weighted by molar-refractivity contribution is -0.128. The molecular formula is C12H17FN2OS. The van der Waals surface area contributed by atoms with Gasteiger partial charge >= 0.3 is 0 Å². The summed E-state index contributed by atoms with van der Waals surface area (Å²) in [6, 6.07) is 4.48. The molecule has 94 valence electrons. The quantitative estimate of drug-likeness (QED) is 0.500. The SMILES string of the molecule is CN(C)C(=O)CCCSc1cc(N)cc(F)c1. The number of nitrogen functional groups attached to an aromatic ring is 1. The van der Waals surface area contributed by atoms with Crippen LogP contribution in [0.3, 0.4) is 0 Å². The van der Waals surface area contributed by atoms with E-state index in [4.69, 9.17) is 5.73 Å². The molecular weight excluding hydrogens is 239 g/mol. The second kappa shape index (κ2) is 6.49. The van der Waals surface area contributed by atoms with E-state index >= 15 is 0 Å². The fourth-order valence-corrected chi connectivity index (χ4v) is 2.24. The number of benzene rings is 1. The summed E-state index contributed by atoms with van der Waals surface area (Å²) in [4.78, 5) is 13.7. The molecule has 1 rings (SSSR count). The Hall–Kier alpha value is -1.23. The molecule has 5 heteroatoms. The molecule has 0 aliphatic heterocycles. The first-order chi connectivity index (χ1) is 7.99. The fourth-order valence-electron chi connectivity index (χ4n) is 1.30. The van der Waals surface area contributed by atoms with Gasteiger partial charge in [0.2, 0.25) is 5.91 Å². The summed E-state index contributed by atoms with van der Waals surface area (Å²) < 4.78 is 13.0. The first-order valence-corrected chi connectivity index (χ1v) is 6.36. The molecule has 1 amide bonds. The lowest BCUT2D eigenvalue weighted by Gasteiger charge is -2.09. The van der Waals surface area contributed by atoms with Crippen molar-refractivity contribution < 1.29 is 9.18 Å². The normalized spacial score (nSPS) is 10.3. The number of hydrogen-bond acceptors (Lipinski definition) is 3. The highest BCUT2D eigenvalue weighted by molar-refractivity contribution is 7.99. The summed E-state index contributed by atoms with van der Waals surface area (Å²) >= 11 is 1.51. The molecule has 0 bridgehead atoms. The summed E-state index contributed by atoms with van der Waals surface area (Å²) in [5, 5.41) is 0. The Morgan fingerprint density at radius 2 is 2.12 bits per heavy atom. The highest BCUT2D eigenvalue weighted by Crippen LogP contribution is 2.23. The number of anilines is 1. The standard InChI is InChI=1S/C12H17FN2OS/c1-15(2)12(16)4-3-5-17-11-7-9(13)6-10(14)8-11/h6-8H,3-5,14H2,1-2H3. The van der Waals surface area contributed by atoms with Gasteiger partial charge < -0.3 is 10.6 Å². The van der Waals surface area contributed by atoms with Crippen molar-refractivity contribution in [2.24, 2.45) is 0 Å². The second-order valence-corrected chi connectivity index (χ2v) is 5.13. The molecule has 0 heterocycles. The van der Waals surface area contributed by atoms with Crippen LogP contribution in [0, 0.1) is 5.82 Å². The van der Waals surface area contributed by atoms with Crippen molar-refractivity contribution in [1.82, 2.24) is 4.90 Å². The number of amides is 1. The molecule has 3 nitrogen and oxygen atoms in total. The number of rotatable bonds is 5. The molecule has 0 unspecified atom stereocenters. The minimum absolute atomic E-state index is 0.115. The van der Waals surface area contributed by atoms with Crippen molar-refractivity contribution in [3.8, 4) is 0 Å². The molecule has 0 fully saturated rings. The van der Waals surface area contributed by atoms with Crippen LogP contribution in [0.25, 0.3) is 0 Å². The van der Waals surface area contributed by atoms with Gasteiger partial charge in [-0.25, -0.2) is 4.39 Å². The number of nitrogens with two attached hydrogens (primary N) is 1. The van der Waals surface area contributed by atoms with Gasteiger partial charge in [0, 0.05) is 31.1 Å².